The summed E-state index contributed by atoms with van der Waals surface area (Å²) in [5.41, 5.74) is -1.23. The van der Waals surface area contributed by atoms with Crippen LogP contribution in [-0.2, 0) is 9.53 Å². The van der Waals surface area contributed by atoms with Gasteiger partial charge in [-0.3, -0.25) is 0 Å². The molecule has 1 saturated heterocycles. The summed E-state index contributed by atoms with van der Waals surface area (Å²) in [5.74, 6) is -0.610. The van der Waals surface area contributed by atoms with Gasteiger partial charge in [-0.15, -0.1) is 0 Å². The van der Waals surface area contributed by atoms with E-state index in [1.807, 2.05) is 42.5 Å². The first-order chi connectivity index (χ1) is 14.0. The molecule has 4 nitrogen and oxygen atoms in total. The molecular formula is C24H30FNO3. The van der Waals surface area contributed by atoms with E-state index in [4.69, 9.17) is 4.74 Å². The van der Waals surface area contributed by atoms with Crippen molar-refractivity contribution < 1.29 is 19.0 Å². The number of rotatable bonds is 7. The van der Waals surface area contributed by atoms with Crippen LogP contribution in [0, 0.1) is 5.92 Å². The largest absolute Gasteiger partial charge is 0.479 e. The van der Waals surface area contributed by atoms with Gasteiger partial charge in [0, 0.05) is 12.5 Å². The lowest BCUT2D eigenvalue weighted by atomic mass is 9.81. The molecule has 0 unspecified atom stereocenters. The van der Waals surface area contributed by atoms with Crippen LogP contribution in [0.1, 0.15) is 43.6 Å². The van der Waals surface area contributed by atoms with Gasteiger partial charge in [0.2, 0.25) is 5.60 Å². The molecule has 0 radical (unpaired) electrons. The molecule has 2 fully saturated rings. The van der Waals surface area contributed by atoms with E-state index in [9.17, 15) is 14.3 Å². The molecule has 1 N–H and O–H groups in total. The molecule has 1 aromatic carbocycles. The van der Waals surface area contributed by atoms with Crippen LogP contribution in [0.25, 0.3) is 0 Å². The molecule has 0 bridgehead atoms. The number of hydrogen-bond acceptors (Lipinski definition) is 3. The molecule has 0 spiro atoms. The van der Waals surface area contributed by atoms with Crippen molar-refractivity contribution in [1.29, 1.82) is 0 Å². The summed E-state index contributed by atoms with van der Waals surface area (Å²) in [6, 6.07) is 10.00. The summed E-state index contributed by atoms with van der Waals surface area (Å²) >= 11 is 0. The quantitative estimate of drug-likeness (QED) is 0.693. The highest BCUT2D eigenvalue weighted by molar-refractivity contribution is 5.83. The van der Waals surface area contributed by atoms with Crippen molar-refractivity contribution in [3.63, 3.8) is 0 Å². The van der Waals surface area contributed by atoms with Gasteiger partial charge < -0.3 is 14.7 Å². The number of piperidine rings is 1. The highest BCUT2D eigenvalue weighted by atomic mass is 19.1. The Hall–Kier alpha value is -1.98. The van der Waals surface area contributed by atoms with E-state index in [1.165, 1.54) is 0 Å². The van der Waals surface area contributed by atoms with Crippen molar-refractivity contribution in [3.8, 4) is 0 Å². The maximum Gasteiger partial charge on any atom is 0.344 e. The summed E-state index contributed by atoms with van der Waals surface area (Å²) in [7, 11) is 0. The standard InChI is InChI=1S/C24H30FNO3/c25-23(11-4-12-23)18-26-15-9-19(10-16-26)17-29-24(22(27)28)13-7-21(8-14-24)20-5-2-1-3-6-20/h1-3,5-8,13-14,19,21H,4,9-12,15-18H2,(H,27,28). The maximum absolute atomic E-state index is 14.3. The van der Waals surface area contributed by atoms with Crippen molar-refractivity contribution in [3.05, 3.63) is 60.2 Å². The Balaban J connectivity index is 1.30. The fourth-order valence-electron chi connectivity index (χ4n) is 4.50. The lowest BCUT2D eigenvalue weighted by Crippen LogP contribution is -2.48. The molecular weight excluding hydrogens is 369 g/mol. The number of carboxylic acid groups (broad SMARTS) is 1. The van der Waals surface area contributed by atoms with Crippen molar-refractivity contribution >= 4 is 5.97 Å². The highest BCUT2D eigenvalue weighted by Crippen LogP contribution is 2.37. The monoisotopic (exact) mass is 399 g/mol. The first-order valence-corrected chi connectivity index (χ1v) is 10.7. The molecule has 4 rings (SSSR count). The summed E-state index contributed by atoms with van der Waals surface area (Å²) in [6.45, 7) is 2.68. The van der Waals surface area contributed by atoms with Crippen LogP contribution in [0.4, 0.5) is 4.39 Å². The van der Waals surface area contributed by atoms with Crippen LogP contribution in [0.15, 0.2) is 54.6 Å². The zero-order valence-corrected chi connectivity index (χ0v) is 16.8. The van der Waals surface area contributed by atoms with Gasteiger partial charge >= 0.3 is 5.97 Å². The van der Waals surface area contributed by atoms with Crippen LogP contribution >= 0.6 is 0 Å². The number of hydrogen-bond donors (Lipinski definition) is 1. The van der Waals surface area contributed by atoms with E-state index in [1.54, 1.807) is 12.2 Å². The minimum Gasteiger partial charge on any atom is -0.479 e. The third-order valence-electron chi connectivity index (χ3n) is 6.64. The Morgan fingerprint density at radius 3 is 2.34 bits per heavy atom. The molecule has 5 heteroatoms. The predicted octanol–water partition coefficient (Wildman–Crippen LogP) is 4.34. The average Bonchev–Trinajstić information content (AvgIpc) is 2.73. The topological polar surface area (TPSA) is 49.8 Å². The SMILES string of the molecule is O=C(O)C1(OCC2CCN(CC3(F)CCC3)CC2)C=CC(c2ccccc2)C=C1. The summed E-state index contributed by atoms with van der Waals surface area (Å²) < 4.78 is 20.3. The lowest BCUT2D eigenvalue weighted by molar-refractivity contribution is -0.156. The number of allylic oxidation sites excluding steroid dienone is 2. The van der Waals surface area contributed by atoms with Gasteiger partial charge in [0.1, 0.15) is 5.67 Å². The van der Waals surface area contributed by atoms with Crippen molar-refractivity contribution in [2.24, 2.45) is 5.92 Å². The Bertz CT molecular complexity index is 750. The minimum absolute atomic E-state index is 0.0649. The third-order valence-corrected chi connectivity index (χ3v) is 6.64. The molecule has 156 valence electrons. The van der Waals surface area contributed by atoms with Gasteiger partial charge in [-0.05, 0) is 68.8 Å². The fourth-order valence-corrected chi connectivity index (χ4v) is 4.50. The number of carboxylic acids is 1. The number of benzene rings is 1. The van der Waals surface area contributed by atoms with Gasteiger partial charge in [-0.1, -0.05) is 42.5 Å². The summed E-state index contributed by atoms with van der Waals surface area (Å²) in [5, 5.41) is 9.80. The maximum atomic E-state index is 14.3. The van der Waals surface area contributed by atoms with Crippen molar-refractivity contribution in [2.75, 3.05) is 26.2 Å². The number of alkyl halides is 1. The fraction of sp³-hybridized carbons (Fsp3) is 0.542. The Kier molecular flexibility index (Phi) is 5.88. The van der Waals surface area contributed by atoms with Crippen LogP contribution in [0.2, 0.25) is 0 Å². The Morgan fingerprint density at radius 1 is 1.14 bits per heavy atom. The Morgan fingerprint density at radius 2 is 1.79 bits per heavy atom. The van der Waals surface area contributed by atoms with E-state index < -0.39 is 17.2 Å². The first kappa shape index (κ1) is 20.3. The molecule has 1 heterocycles. The molecule has 0 aromatic heterocycles. The van der Waals surface area contributed by atoms with E-state index in [2.05, 4.69) is 4.90 Å². The third kappa shape index (κ3) is 4.62. The molecule has 0 atom stereocenters. The van der Waals surface area contributed by atoms with Gasteiger partial charge in [-0.25, -0.2) is 9.18 Å². The number of ether oxygens (including phenoxy) is 1. The number of aliphatic carboxylic acids is 1. The van der Waals surface area contributed by atoms with Crippen molar-refractivity contribution in [1.82, 2.24) is 4.90 Å². The van der Waals surface area contributed by atoms with Crippen LogP contribution in [0.3, 0.4) is 0 Å². The lowest BCUT2D eigenvalue weighted by Gasteiger charge is -2.41. The predicted molar refractivity (Wildman–Crippen MR) is 111 cm³/mol. The summed E-state index contributed by atoms with van der Waals surface area (Å²) in [6.07, 6.45) is 11.4. The van der Waals surface area contributed by atoms with Gasteiger partial charge in [-0.2, -0.15) is 0 Å². The van der Waals surface area contributed by atoms with Gasteiger partial charge in [0.05, 0.1) is 6.61 Å². The van der Waals surface area contributed by atoms with E-state index in [-0.39, 0.29) is 5.92 Å². The van der Waals surface area contributed by atoms with Crippen LogP contribution in [0.5, 0.6) is 0 Å². The van der Waals surface area contributed by atoms with E-state index >= 15 is 0 Å². The first-order valence-electron chi connectivity index (χ1n) is 10.7. The van der Waals surface area contributed by atoms with Crippen LogP contribution in [-0.4, -0.2) is 53.5 Å². The molecule has 2 aliphatic carbocycles. The smallest absolute Gasteiger partial charge is 0.344 e. The minimum atomic E-state index is -1.39. The zero-order valence-electron chi connectivity index (χ0n) is 16.8. The van der Waals surface area contributed by atoms with Gasteiger partial charge in [0.15, 0.2) is 0 Å². The molecule has 0 amide bonds. The molecule has 1 saturated carbocycles. The number of halogens is 1. The van der Waals surface area contributed by atoms with E-state index in [0.717, 1.165) is 37.9 Å². The highest BCUT2D eigenvalue weighted by Gasteiger charge is 2.40. The second kappa shape index (κ2) is 8.41. The van der Waals surface area contributed by atoms with Gasteiger partial charge in [0.25, 0.3) is 0 Å². The van der Waals surface area contributed by atoms with E-state index in [0.29, 0.717) is 31.9 Å². The molecule has 29 heavy (non-hydrogen) atoms. The zero-order chi connectivity index (χ0) is 20.3. The number of likely N-dealkylation sites (tertiary alicyclic amines) is 1. The molecule has 1 aliphatic heterocycles. The van der Waals surface area contributed by atoms with Crippen LogP contribution < -0.4 is 0 Å². The Labute approximate surface area is 172 Å². The van der Waals surface area contributed by atoms with Crippen molar-refractivity contribution in [2.45, 2.75) is 49.3 Å². The average molecular weight is 400 g/mol. The number of carbonyl (C=O) groups is 1. The second-order valence-corrected chi connectivity index (χ2v) is 8.79. The normalized spacial score (nSPS) is 29.5. The number of nitrogens with zero attached hydrogens (tertiary/aromatic N) is 1. The molecule has 3 aliphatic rings. The second-order valence-electron chi connectivity index (χ2n) is 8.79. The summed E-state index contributed by atoms with van der Waals surface area (Å²) in [4.78, 5) is 14.2. The molecule has 1 aromatic rings.